The predicted molar refractivity (Wildman–Crippen MR) is 54.0 cm³/mol. The average molecular weight is 209 g/mol. The Morgan fingerprint density at radius 2 is 2.40 bits per heavy atom. The number of hydrogen-bond donors (Lipinski definition) is 2. The number of amides is 1. The quantitative estimate of drug-likeness (QED) is 0.765. The molecule has 82 valence electrons. The molecule has 1 amide bonds. The number of nitrogens with two attached hydrogens (primary N) is 1. The van der Waals surface area contributed by atoms with Crippen molar-refractivity contribution in [2.45, 2.75) is 38.3 Å². The zero-order valence-electron chi connectivity index (χ0n) is 8.91. The van der Waals surface area contributed by atoms with Crippen molar-refractivity contribution in [3.63, 3.8) is 0 Å². The number of aryl methyl sites for hydroxylation is 1. The highest BCUT2D eigenvalue weighted by Crippen LogP contribution is 2.32. The minimum Gasteiger partial charge on any atom is -0.444 e. The van der Waals surface area contributed by atoms with Crippen molar-refractivity contribution < 1.29 is 9.21 Å². The second kappa shape index (κ2) is 3.34. The molecule has 0 aromatic carbocycles. The van der Waals surface area contributed by atoms with Crippen molar-refractivity contribution in [2.75, 3.05) is 0 Å². The highest BCUT2D eigenvalue weighted by atomic mass is 16.4. The topological polar surface area (TPSA) is 81.2 Å². The molecule has 0 radical (unpaired) electrons. The highest BCUT2D eigenvalue weighted by molar-refractivity contribution is 5.89. The molecule has 1 atom stereocenters. The first-order chi connectivity index (χ1) is 7.01. The van der Waals surface area contributed by atoms with Crippen LogP contribution in [0.15, 0.2) is 10.6 Å². The van der Waals surface area contributed by atoms with Crippen LogP contribution in [0.3, 0.4) is 0 Å². The van der Waals surface area contributed by atoms with Crippen LogP contribution in [0.5, 0.6) is 0 Å². The third kappa shape index (κ3) is 2.02. The summed E-state index contributed by atoms with van der Waals surface area (Å²) in [5.74, 6) is 1.14. The van der Waals surface area contributed by atoms with Crippen LogP contribution >= 0.6 is 0 Å². The molecule has 1 heterocycles. The van der Waals surface area contributed by atoms with Crippen molar-refractivity contribution in [1.29, 1.82) is 0 Å². The summed E-state index contributed by atoms with van der Waals surface area (Å²) < 4.78 is 5.31. The van der Waals surface area contributed by atoms with E-state index < -0.39 is 5.54 Å². The van der Waals surface area contributed by atoms with Gasteiger partial charge < -0.3 is 15.5 Å². The Kier molecular flexibility index (Phi) is 2.26. The summed E-state index contributed by atoms with van der Waals surface area (Å²) in [6.07, 6.45) is 3.15. The van der Waals surface area contributed by atoms with Gasteiger partial charge in [-0.1, -0.05) is 0 Å². The SMILES string of the molecule is Cc1cnc(C(C)NC(=O)C2(N)CC2)o1. The lowest BCUT2D eigenvalue weighted by atomic mass is 10.2. The number of oxazole rings is 1. The first-order valence-electron chi connectivity index (χ1n) is 5.03. The lowest BCUT2D eigenvalue weighted by molar-refractivity contribution is -0.124. The van der Waals surface area contributed by atoms with Gasteiger partial charge in [0.05, 0.1) is 11.7 Å². The van der Waals surface area contributed by atoms with E-state index in [2.05, 4.69) is 10.3 Å². The van der Waals surface area contributed by atoms with Crippen molar-refractivity contribution in [1.82, 2.24) is 10.3 Å². The van der Waals surface area contributed by atoms with E-state index in [1.807, 2.05) is 13.8 Å². The molecule has 0 aliphatic heterocycles. The molecule has 1 aliphatic rings. The molecule has 0 saturated heterocycles. The van der Waals surface area contributed by atoms with Crippen LogP contribution in [0, 0.1) is 6.92 Å². The normalized spacial score (nSPS) is 19.7. The molecule has 5 heteroatoms. The molecule has 5 nitrogen and oxygen atoms in total. The second-order valence-electron chi connectivity index (χ2n) is 4.16. The van der Waals surface area contributed by atoms with Crippen LogP contribution in [0.2, 0.25) is 0 Å². The van der Waals surface area contributed by atoms with E-state index >= 15 is 0 Å². The molecule has 0 spiro atoms. The third-order valence-corrected chi connectivity index (χ3v) is 2.60. The van der Waals surface area contributed by atoms with Crippen LogP contribution in [0.1, 0.15) is 37.5 Å². The van der Waals surface area contributed by atoms with Crippen molar-refractivity contribution in [3.8, 4) is 0 Å². The Bertz CT molecular complexity index is 382. The lowest BCUT2D eigenvalue weighted by Gasteiger charge is -2.13. The van der Waals surface area contributed by atoms with Gasteiger partial charge in [0.25, 0.3) is 0 Å². The number of carbonyl (C=O) groups excluding carboxylic acids is 1. The number of carbonyl (C=O) groups is 1. The number of aromatic nitrogens is 1. The zero-order valence-corrected chi connectivity index (χ0v) is 8.91. The molecule has 1 unspecified atom stereocenters. The van der Waals surface area contributed by atoms with Crippen LogP contribution in [-0.4, -0.2) is 16.4 Å². The molecule has 15 heavy (non-hydrogen) atoms. The lowest BCUT2D eigenvalue weighted by Crippen LogP contribution is -2.43. The van der Waals surface area contributed by atoms with Crippen LogP contribution in [-0.2, 0) is 4.79 Å². The highest BCUT2D eigenvalue weighted by Gasteiger charge is 2.46. The van der Waals surface area contributed by atoms with Crippen molar-refractivity contribution >= 4 is 5.91 Å². The standard InChI is InChI=1S/C10H15N3O2/c1-6-5-12-8(15-6)7(2)13-9(14)10(11)3-4-10/h5,7H,3-4,11H2,1-2H3,(H,13,14). The summed E-state index contributed by atoms with van der Waals surface area (Å²) in [6.45, 7) is 3.64. The summed E-state index contributed by atoms with van der Waals surface area (Å²) in [5, 5.41) is 2.79. The molecule has 1 aromatic rings. The molecule has 2 rings (SSSR count). The van der Waals surface area contributed by atoms with Crippen LogP contribution < -0.4 is 11.1 Å². The van der Waals surface area contributed by atoms with Gasteiger partial charge in [-0.15, -0.1) is 0 Å². The monoisotopic (exact) mass is 209 g/mol. The molecular weight excluding hydrogens is 194 g/mol. The van der Waals surface area contributed by atoms with E-state index in [-0.39, 0.29) is 11.9 Å². The maximum Gasteiger partial charge on any atom is 0.240 e. The minimum atomic E-state index is -0.643. The first-order valence-corrected chi connectivity index (χ1v) is 5.03. The maximum atomic E-state index is 11.6. The second-order valence-corrected chi connectivity index (χ2v) is 4.16. The fourth-order valence-electron chi connectivity index (χ4n) is 1.34. The van der Waals surface area contributed by atoms with Gasteiger partial charge in [-0.25, -0.2) is 4.98 Å². The molecule has 0 bridgehead atoms. The van der Waals surface area contributed by atoms with Crippen LogP contribution in [0.4, 0.5) is 0 Å². The van der Waals surface area contributed by atoms with Gasteiger partial charge in [0.15, 0.2) is 0 Å². The van der Waals surface area contributed by atoms with Crippen molar-refractivity contribution in [2.24, 2.45) is 5.73 Å². The number of hydrogen-bond acceptors (Lipinski definition) is 4. The first kappa shape index (κ1) is 10.2. The Hall–Kier alpha value is -1.36. The molecule has 1 aliphatic carbocycles. The van der Waals surface area contributed by atoms with Gasteiger partial charge in [-0.2, -0.15) is 0 Å². The molecule has 3 N–H and O–H groups in total. The Morgan fingerprint density at radius 1 is 1.73 bits per heavy atom. The number of nitrogens with one attached hydrogen (secondary N) is 1. The molecular formula is C10H15N3O2. The Morgan fingerprint density at radius 3 is 2.87 bits per heavy atom. The van der Waals surface area contributed by atoms with Crippen LogP contribution in [0.25, 0.3) is 0 Å². The molecule has 1 saturated carbocycles. The predicted octanol–water partition coefficient (Wildman–Crippen LogP) is 0.652. The fourth-order valence-corrected chi connectivity index (χ4v) is 1.34. The fraction of sp³-hybridized carbons (Fsp3) is 0.600. The maximum absolute atomic E-state index is 11.6. The van der Waals surface area contributed by atoms with E-state index in [0.29, 0.717) is 5.89 Å². The third-order valence-electron chi connectivity index (χ3n) is 2.60. The Balaban J connectivity index is 1.97. The molecule has 1 aromatic heterocycles. The summed E-state index contributed by atoms with van der Waals surface area (Å²) in [7, 11) is 0. The van der Waals surface area contributed by atoms with Gasteiger partial charge in [0.2, 0.25) is 11.8 Å². The zero-order chi connectivity index (χ0) is 11.1. The number of rotatable bonds is 3. The van der Waals surface area contributed by atoms with E-state index in [1.54, 1.807) is 6.20 Å². The summed E-state index contributed by atoms with van der Waals surface area (Å²) in [4.78, 5) is 15.7. The average Bonchev–Trinajstić information content (AvgIpc) is 2.77. The van der Waals surface area contributed by atoms with E-state index in [9.17, 15) is 4.79 Å². The van der Waals surface area contributed by atoms with Gasteiger partial charge in [0, 0.05) is 0 Å². The summed E-state index contributed by atoms with van der Waals surface area (Å²) in [6, 6.07) is -0.229. The van der Waals surface area contributed by atoms with Gasteiger partial charge in [-0.3, -0.25) is 4.79 Å². The van der Waals surface area contributed by atoms with Gasteiger partial charge in [-0.05, 0) is 26.7 Å². The van der Waals surface area contributed by atoms with Gasteiger partial charge >= 0.3 is 0 Å². The molecule has 1 fully saturated rings. The number of nitrogens with zero attached hydrogens (tertiary/aromatic N) is 1. The smallest absolute Gasteiger partial charge is 0.240 e. The summed E-state index contributed by atoms with van der Waals surface area (Å²) >= 11 is 0. The minimum absolute atomic E-state index is 0.120. The van der Waals surface area contributed by atoms with E-state index in [1.165, 1.54) is 0 Å². The summed E-state index contributed by atoms with van der Waals surface area (Å²) in [5.41, 5.74) is 5.12. The largest absolute Gasteiger partial charge is 0.444 e. The Labute approximate surface area is 88.0 Å². The van der Waals surface area contributed by atoms with E-state index in [4.69, 9.17) is 10.2 Å². The van der Waals surface area contributed by atoms with Gasteiger partial charge in [0.1, 0.15) is 11.8 Å². The van der Waals surface area contributed by atoms with Crippen molar-refractivity contribution in [3.05, 3.63) is 17.8 Å². The van der Waals surface area contributed by atoms with E-state index in [0.717, 1.165) is 18.6 Å².